The smallest absolute Gasteiger partial charge is 0.306 e. The summed E-state index contributed by atoms with van der Waals surface area (Å²) in [6.07, 6.45) is 73.8. The minimum absolute atomic E-state index is 0.0761. The van der Waals surface area contributed by atoms with Crippen LogP contribution in [-0.4, -0.2) is 37.2 Å². The van der Waals surface area contributed by atoms with Crippen LogP contribution in [0.1, 0.15) is 310 Å². The fraction of sp³-hybridized carbons (Fsp3) is 0.797. The second-order valence-electron chi connectivity index (χ2n) is 20.3. The van der Waals surface area contributed by atoms with E-state index >= 15 is 0 Å². The number of unbranched alkanes of at least 4 members (excludes halogenated alkanes) is 34. The van der Waals surface area contributed by atoms with Crippen LogP contribution in [0.3, 0.4) is 0 Å². The molecule has 0 saturated heterocycles. The van der Waals surface area contributed by atoms with Gasteiger partial charge in [-0.2, -0.15) is 0 Å². The first-order chi connectivity index (χ1) is 34.5. The largest absolute Gasteiger partial charge is 0.462 e. The van der Waals surface area contributed by atoms with E-state index in [4.69, 9.17) is 14.2 Å². The Morgan fingerprint density at radius 2 is 0.514 bits per heavy atom. The molecule has 0 aromatic heterocycles. The molecule has 70 heavy (non-hydrogen) atoms. The topological polar surface area (TPSA) is 78.9 Å². The van der Waals surface area contributed by atoms with Crippen molar-refractivity contribution in [2.24, 2.45) is 0 Å². The Morgan fingerprint density at radius 3 is 0.814 bits per heavy atom. The third kappa shape index (κ3) is 56.0. The van der Waals surface area contributed by atoms with Crippen molar-refractivity contribution in [1.82, 2.24) is 0 Å². The van der Waals surface area contributed by atoms with E-state index in [9.17, 15) is 14.4 Å². The predicted molar refractivity (Wildman–Crippen MR) is 302 cm³/mol. The Bertz CT molecular complexity index is 1260. The van der Waals surface area contributed by atoms with Crippen LogP contribution in [0, 0.1) is 0 Å². The molecule has 0 fully saturated rings. The monoisotopic (exact) mass is 979 g/mol. The standard InChI is InChI=1S/C64H114O6/c1-4-7-10-13-16-18-20-22-24-26-28-29-30-31-32-33-34-35-36-38-39-41-43-45-48-51-54-57-63(66)69-60-61(59-68-62(65)56-53-50-47-15-12-9-6-3)70-64(67)58-55-52-49-46-44-42-40-37-27-25-23-21-19-17-14-11-8-5-2/h19-22,25-28,30-31,61H,4-18,23-24,29,32-60H2,1-3H3/b21-19-,22-20-,27-25-,28-26-,31-30-. The molecular formula is C64H114O6. The number of hydrogen-bond donors (Lipinski definition) is 0. The summed E-state index contributed by atoms with van der Waals surface area (Å²) in [5.41, 5.74) is 0. The van der Waals surface area contributed by atoms with Crippen LogP contribution < -0.4 is 0 Å². The van der Waals surface area contributed by atoms with Gasteiger partial charge in [0.25, 0.3) is 0 Å². The molecule has 1 unspecified atom stereocenters. The van der Waals surface area contributed by atoms with Gasteiger partial charge in [-0.25, -0.2) is 0 Å². The molecule has 0 saturated carbocycles. The Labute approximate surface area is 434 Å². The molecule has 0 spiro atoms. The van der Waals surface area contributed by atoms with E-state index in [0.29, 0.717) is 19.3 Å². The summed E-state index contributed by atoms with van der Waals surface area (Å²) < 4.78 is 16.8. The normalized spacial score (nSPS) is 12.4. The van der Waals surface area contributed by atoms with Gasteiger partial charge >= 0.3 is 17.9 Å². The van der Waals surface area contributed by atoms with Crippen molar-refractivity contribution in [3.8, 4) is 0 Å². The van der Waals surface area contributed by atoms with Gasteiger partial charge in [0.2, 0.25) is 0 Å². The molecule has 0 aromatic carbocycles. The zero-order valence-electron chi connectivity index (χ0n) is 46.5. The van der Waals surface area contributed by atoms with Crippen LogP contribution in [0.4, 0.5) is 0 Å². The van der Waals surface area contributed by atoms with Gasteiger partial charge in [0.15, 0.2) is 6.10 Å². The molecule has 0 bridgehead atoms. The van der Waals surface area contributed by atoms with Crippen LogP contribution in [-0.2, 0) is 28.6 Å². The van der Waals surface area contributed by atoms with Crippen molar-refractivity contribution < 1.29 is 28.6 Å². The molecule has 6 heteroatoms. The maximum absolute atomic E-state index is 12.8. The second kappa shape index (κ2) is 58.7. The molecule has 0 amide bonds. The van der Waals surface area contributed by atoms with E-state index < -0.39 is 6.10 Å². The van der Waals surface area contributed by atoms with Crippen LogP contribution in [0.25, 0.3) is 0 Å². The summed E-state index contributed by atoms with van der Waals surface area (Å²) in [4.78, 5) is 38.0. The molecular weight excluding hydrogens is 865 g/mol. The maximum atomic E-state index is 12.8. The first-order valence-electron chi connectivity index (χ1n) is 30.3. The average molecular weight is 980 g/mol. The summed E-state index contributed by atoms with van der Waals surface area (Å²) in [6.45, 7) is 6.59. The molecule has 0 heterocycles. The van der Waals surface area contributed by atoms with Crippen molar-refractivity contribution in [3.05, 3.63) is 60.8 Å². The SMILES string of the molecule is CCCCCC/C=C\C/C=C\CCCCCCCCCC(=O)OC(COC(=O)CCCCCCCCC)COC(=O)CCCCCCCCCCCCCC/C=C\C/C=C\C/C=C\CCCCCCC. The maximum Gasteiger partial charge on any atom is 0.306 e. The van der Waals surface area contributed by atoms with Crippen molar-refractivity contribution in [1.29, 1.82) is 0 Å². The third-order valence-electron chi connectivity index (χ3n) is 13.2. The summed E-state index contributed by atoms with van der Waals surface area (Å²) in [5, 5.41) is 0. The summed E-state index contributed by atoms with van der Waals surface area (Å²) in [6, 6.07) is 0. The van der Waals surface area contributed by atoms with Crippen LogP contribution in [0.2, 0.25) is 0 Å². The van der Waals surface area contributed by atoms with Gasteiger partial charge < -0.3 is 14.2 Å². The lowest BCUT2D eigenvalue weighted by atomic mass is 10.0. The van der Waals surface area contributed by atoms with Gasteiger partial charge in [-0.3, -0.25) is 14.4 Å². The molecule has 0 N–H and O–H groups in total. The van der Waals surface area contributed by atoms with E-state index in [-0.39, 0.29) is 31.1 Å². The lowest BCUT2D eigenvalue weighted by Crippen LogP contribution is -2.30. The van der Waals surface area contributed by atoms with Crippen molar-refractivity contribution >= 4 is 17.9 Å². The number of rotatable bonds is 55. The molecule has 1 atom stereocenters. The number of allylic oxidation sites excluding steroid dienone is 10. The number of carbonyl (C=O) groups is 3. The van der Waals surface area contributed by atoms with Crippen molar-refractivity contribution in [3.63, 3.8) is 0 Å². The minimum Gasteiger partial charge on any atom is -0.462 e. The number of ether oxygens (including phenoxy) is 3. The highest BCUT2D eigenvalue weighted by atomic mass is 16.6. The van der Waals surface area contributed by atoms with Crippen molar-refractivity contribution in [2.75, 3.05) is 13.2 Å². The molecule has 0 aromatic rings. The molecule has 0 aliphatic carbocycles. The highest BCUT2D eigenvalue weighted by Crippen LogP contribution is 2.16. The molecule has 406 valence electrons. The fourth-order valence-corrected chi connectivity index (χ4v) is 8.66. The lowest BCUT2D eigenvalue weighted by molar-refractivity contribution is -0.167. The number of hydrogen-bond acceptors (Lipinski definition) is 6. The molecule has 0 aliphatic heterocycles. The van der Waals surface area contributed by atoms with Crippen molar-refractivity contribution in [2.45, 2.75) is 316 Å². The second-order valence-corrected chi connectivity index (χ2v) is 20.3. The number of carbonyl (C=O) groups excluding carboxylic acids is 3. The first-order valence-corrected chi connectivity index (χ1v) is 30.3. The third-order valence-corrected chi connectivity index (χ3v) is 13.2. The van der Waals surface area contributed by atoms with Crippen LogP contribution in [0.15, 0.2) is 60.8 Å². The van der Waals surface area contributed by atoms with Gasteiger partial charge in [-0.05, 0) is 89.9 Å². The Kier molecular flexibility index (Phi) is 56.3. The van der Waals surface area contributed by atoms with E-state index in [1.165, 1.54) is 186 Å². The molecule has 0 aliphatic rings. The van der Waals surface area contributed by atoms with E-state index in [2.05, 4.69) is 81.5 Å². The molecule has 0 radical (unpaired) electrons. The van der Waals surface area contributed by atoms with E-state index in [1.54, 1.807) is 0 Å². The Balaban J connectivity index is 4.13. The molecule has 6 nitrogen and oxygen atoms in total. The predicted octanol–water partition coefficient (Wildman–Crippen LogP) is 20.4. The van der Waals surface area contributed by atoms with E-state index in [1.807, 2.05) is 0 Å². The van der Waals surface area contributed by atoms with E-state index in [0.717, 1.165) is 83.5 Å². The quantitative estimate of drug-likeness (QED) is 0.0261. The Hall–Kier alpha value is -2.89. The van der Waals surface area contributed by atoms with Gasteiger partial charge in [0, 0.05) is 19.3 Å². The highest BCUT2D eigenvalue weighted by molar-refractivity contribution is 5.71. The zero-order chi connectivity index (χ0) is 50.7. The first kappa shape index (κ1) is 67.1. The summed E-state index contributed by atoms with van der Waals surface area (Å²) in [5.74, 6) is -0.881. The zero-order valence-corrected chi connectivity index (χ0v) is 46.5. The van der Waals surface area contributed by atoms with Gasteiger partial charge in [-0.15, -0.1) is 0 Å². The van der Waals surface area contributed by atoms with Gasteiger partial charge in [-0.1, -0.05) is 261 Å². The average Bonchev–Trinajstić information content (AvgIpc) is 3.36. The highest BCUT2D eigenvalue weighted by Gasteiger charge is 2.19. The molecule has 0 rings (SSSR count). The summed E-state index contributed by atoms with van der Waals surface area (Å²) in [7, 11) is 0. The Morgan fingerprint density at radius 1 is 0.286 bits per heavy atom. The lowest BCUT2D eigenvalue weighted by Gasteiger charge is -2.18. The van der Waals surface area contributed by atoms with Gasteiger partial charge in [0.05, 0.1) is 0 Å². The minimum atomic E-state index is -0.776. The van der Waals surface area contributed by atoms with Crippen LogP contribution in [0.5, 0.6) is 0 Å². The summed E-state index contributed by atoms with van der Waals surface area (Å²) >= 11 is 0. The fourth-order valence-electron chi connectivity index (χ4n) is 8.66. The number of esters is 3. The van der Waals surface area contributed by atoms with Crippen LogP contribution >= 0.6 is 0 Å². The van der Waals surface area contributed by atoms with Gasteiger partial charge in [0.1, 0.15) is 13.2 Å².